The van der Waals surface area contributed by atoms with Crippen LogP contribution in [-0.2, 0) is 6.18 Å². The van der Waals surface area contributed by atoms with Crippen LogP contribution >= 0.6 is 27.5 Å². The molecule has 0 atom stereocenters. The minimum Gasteiger partial charge on any atom is -0.289 e. The van der Waals surface area contributed by atoms with Crippen molar-refractivity contribution in [2.45, 2.75) is 13.1 Å². The van der Waals surface area contributed by atoms with Gasteiger partial charge in [0, 0.05) is 20.6 Å². The molecular formula is C15H9BrClF3O. The van der Waals surface area contributed by atoms with E-state index in [1.54, 1.807) is 13.0 Å². The predicted molar refractivity (Wildman–Crippen MR) is 78.8 cm³/mol. The van der Waals surface area contributed by atoms with Gasteiger partial charge in [0.1, 0.15) is 0 Å². The van der Waals surface area contributed by atoms with Crippen molar-refractivity contribution >= 4 is 33.3 Å². The van der Waals surface area contributed by atoms with Gasteiger partial charge in [0.15, 0.2) is 5.78 Å². The summed E-state index contributed by atoms with van der Waals surface area (Å²) in [6.45, 7) is 1.75. The number of carbonyl (C=O) groups is 1. The van der Waals surface area contributed by atoms with Crippen molar-refractivity contribution in [3.8, 4) is 0 Å². The number of aryl methyl sites for hydroxylation is 1. The molecule has 0 spiro atoms. The van der Waals surface area contributed by atoms with Gasteiger partial charge in [-0.2, -0.15) is 13.2 Å². The van der Waals surface area contributed by atoms with Crippen LogP contribution in [0.5, 0.6) is 0 Å². The van der Waals surface area contributed by atoms with E-state index in [2.05, 4.69) is 15.9 Å². The summed E-state index contributed by atoms with van der Waals surface area (Å²) in [7, 11) is 0. The van der Waals surface area contributed by atoms with Crippen LogP contribution in [0.2, 0.25) is 5.02 Å². The number of hydrogen-bond donors (Lipinski definition) is 0. The Hall–Kier alpha value is -1.33. The van der Waals surface area contributed by atoms with Crippen molar-refractivity contribution in [2.75, 3.05) is 0 Å². The summed E-state index contributed by atoms with van der Waals surface area (Å²) in [5.74, 6) is -0.711. The molecule has 0 unspecified atom stereocenters. The average Bonchev–Trinajstić information content (AvgIpc) is 2.40. The zero-order chi connectivity index (χ0) is 15.8. The number of hydrogen-bond acceptors (Lipinski definition) is 1. The van der Waals surface area contributed by atoms with Gasteiger partial charge in [-0.3, -0.25) is 4.79 Å². The second kappa shape index (κ2) is 5.81. The molecule has 0 radical (unpaired) electrons. The largest absolute Gasteiger partial charge is 0.417 e. The fourth-order valence-electron chi connectivity index (χ4n) is 1.84. The van der Waals surface area contributed by atoms with E-state index in [0.717, 1.165) is 17.7 Å². The molecule has 6 heteroatoms. The van der Waals surface area contributed by atoms with E-state index in [1.807, 2.05) is 0 Å². The maximum absolute atomic E-state index is 13.0. The number of ketones is 1. The SMILES string of the molecule is Cc1ccc(C(=O)c2ccc(Br)cc2C(F)(F)F)cc1Cl. The monoisotopic (exact) mass is 376 g/mol. The van der Waals surface area contributed by atoms with Crippen molar-refractivity contribution in [1.82, 2.24) is 0 Å². The maximum atomic E-state index is 13.0. The molecule has 0 amide bonds. The van der Waals surface area contributed by atoms with Crippen molar-refractivity contribution < 1.29 is 18.0 Å². The normalized spacial score (nSPS) is 11.5. The number of carbonyl (C=O) groups excluding carboxylic acids is 1. The number of halogens is 5. The zero-order valence-corrected chi connectivity index (χ0v) is 13.1. The molecule has 2 aromatic rings. The highest BCUT2D eigenvalue weighted by molar-refractivity contribution is 9.10. The molecule has 0 aliphatic carbocycles. The standard InChI is InChI=1S/C15H9BrClF3O/c1-8-2-3-9(6-13(8)17)14(21)11-5-4-10(16)7-12(11)15(18,19)20/h2-7H,1H3. The first kappa shape index (κ1) is 16.0. The second-order valence-corrected chi connectivity index (χ2v) is 5.80. The predicted octanol–water partition coefficient (Wildman–Crippen LogP) is 5.66. The first-order valence-corrected chi connectivity index (χ1v) is 7.05. The Morgan fingerprint density at radius 2 is 1.81 bits per heavy atom. The molecule has 1 nitrogen and oxygen atoms in total. The summed E-state index contributed by atoms with van der Waals surface area (Å²) in [6, 6.07) is 7.89. The Labute approximate surface area is 132 Å². The van der Waals surface area contributed by atoms with E-state index >= 15 is 0 Å². The summed E-state index contributed by atoms with van der Waals surface area (Å²) < 4.78 is 39.4. The number of benzene rings is 2. The van der Waals surface area contributed by atoms with Crippen LogP contribution in [0.25, 0.3) is 0 Å². The highest BCUT2D eigenvalue weighted by atomic mass is 79.9. The molecular weight excluding hydrogens is 369 g/mol. The third-order valence-electron chi connectivity index (χ3n) is 2.97. The molecule has 0 bridgehead atoms. The molecule has 110 valence electrons. The lowest BCUT2D eigenvalue weighted by molar-refractivity contribution is -0.137. The fraction of sp³-hybridized carbons (Fsp3) is 0.133. The highest BCUT2D eigenvalue weighted by Gasteiger charge is 2.35. The van der Waals surface area contributed by atoms with E-state index in [9.17, 15) is 18.0 Å². The van der Waals surface area contributed by atoms with Gasteiger partial charge in [0.05, 0.1) is 5.56 Å². The van der Waals surface area contributed by atoms with Gasteiger partial charge in [-0.15, -0.1) is 0 Å². The van der Waals surface area contributed by atoms with E-state index in [4.69, 9.17) is 11.6 Å². The molecule has 0 saturated carbocycles. The molecule has 0 saturated heterocycles. The van der Waals surface area contributed by atoms with Crippen molar-refractivity contribution in [3.63, 3.8) is 0 Å². The summed E-state index contributed by atoms with van der Waals surface area (Å²) in [4.78, 5) is 12.3. The lowest BCUT2D eigenvalue weighted by atomic mass is 9.97. The van der Waals surface area contributed by atoms with Gasteiger partial charge in [-0.25, -0.2) is 0 Å². The third-order valence-corrected chi connectivity index (χ3v) is 3.87. The Morgan fingerprint density at radius 1 is 1.14 bits per heavy atom. The van der Waals surface area contributed by atoms with Crippen molar-refractivity contribution in [2.24, 2.45) is 0 Å². The van der Waals surface area contributed by atoms with Gasteiger partial charge in [-0.05, 0) is 36.8 Å². The van der Waals surface area contributed by atoms with Gasteiger partial charge < -0.3 is 0 Å². The Balaban J connectivity index is 2.55. The Bertz CT molecular complexity index is 711. The summed E-state index contributed by atoms with van der Waals surface area (Å²) >= 11 is 8.90. The van der Waals surface area contributed by atoms with Crippen LogP contribution in [0.3, 0.4) is 0 Å². The highest BCUT2D eigenvalue weighted by Crippen LogP contribution is 2.35. The summed E-state index contributed by atoms with van der Waals surface area (Å²) in [6.07, 6.45) is -4.61. The van der Waals surface area contributed by atoms with Crippen LogP contribution in [0.1, 0.15) is 27.0 Å². The molecule has 0 aliphatic heterocycles. The number of rotatable bonds is 2. The van der Waals surface area contributed by atoms with Gasteiger partial charge in [0.25, 0.3) is 0 Å². The fourth-order valence-corrected chi connectivity index (χ4v) is 2.38. The van der Waals surface area contributed by atoms with Crippen molar-refractivity contribution in [3.05, 3.63) is 68.1 Å². The van der Waals surface area contributed by atoms with Crippen LogP contribution in [0.4, 0.5) is 13.2 Å². The average molecular weight is 378 g/mol. The molecule has 0 aromatic heterocycles. The topological polar surface area (TPSA) is 17.1 Å². The lowest BCUT2D eigenvalue weighted by Crippen LogP contribution is -2.14. The quantitative estimate of drug-likeness (QED) is 0.617. The van der Waals surface area contributed by atoms with E-state index in [0.29, 0.717) is 5.02 Å². The van der Waals surface area contributed by atoms with Crippen LogP contribution in [0, 0.1) is 6.92 Å². The van der Waals surface area contributed by atoms with Gasteiger partial charge >= 0.3 is 6.18 Å². The first-order chi connectivity index (χ1) is 9.70. The van der Waals surface area contributed by atoms with Crippen LogP contribution in [-0.4, -0.2) is 5.78 Å². The molecule has 0 fully saturated rings. The minimum absolute atomic E-state index is 0.124. The Morgan fingerprint density at radius 3 is 2.38 bits per heavy atom. The molecule has 0 aliphatic rings. The third kappa shape index (κ3) is 3.47. The van der Waals surface area contributed by atoms with E-state index < -0.39 is 23.1 Å². The van der Waals surface area contributed by atoms with Crippen molar-refractivity contribution in [1.29, 1.82) is 0 Å². The summed E-state index contributed by atoms with van der Waals surface area (Å²) in [5, 5.41) is 0.339. The van der Waals surface area contributed by atoms with E-state index in [1.165, 1.54) is 18.2 Å². The van der Waals surface area contributed by atoms with Gasteiger partial charge in [0.2, 0.25) is 0 Å². The van der Waals surface area contributed by atoms with Crippen LogP contribution in [0.15, 0.2) is 40.9 Å². The second-order valence-electron chi connectivity index (χ2n) is 4.48. The lowest BCUT2D eigenvalue weighted by Gasteiger charge is -2.13. The number of alkyl halides is 3. The van der Waals surface area contributed by atoms with E-state index in [-0.39, 0.29) is 10.0 Å². The van der Waals surface area contributed by atoms with Crippen LogP contribution < -0.4 is 0 Å². The molecule has 2 rings (SSSR count). The minimum atomic E-state index is -4.61. The summed E-state index contributed by atoms with van der Waals surface area (Å²) in [5.41, 5.74) is -0.498. The molecule has 21 heavy (non-hydrogen) atoms. The van der Waals surface area contributed by atoms with Gasteiger partial charge in [-0.1, -0.05) is 39.7 Å². The smallest absolute Gasteiger partial charge is 0.289 e. The maximum Gasteiger partial charge on any atom is 0.417 e. The molecule has 0 N–H and O–H groups in total. The first-order valence-electron chi connectivity index (χ1n) is 5.88. The Kier molecular flexibility index (Phi) is 4.44. The molecule has 2 aromatic carbocycles. The molecule has 0 heterocycles. The zero-order valence-electron chi connectivity index (χ0n) is 10.8.